The van der Waals surface area contributed by atoms with Crippen LogP contribution in [0.4, 0.5) is 0 Å². The van der Waals surface area contributed by atoms with Gasteiger partial charge in [-0.2, -0.15) is 0 Å². The number of nitrogens with zero attached hydrogens (tertiary/aromatic N) is 2. The molecule has 0 aliphatic carbocycles. The summed E-state index contributed by atoms with van der Waals surface area (Å²) in [6, 6.07) is 21.1. The molecule has 7 nitrogen and oxygen atoms in total. The number of ether oxygens (including phenoxy) is 3. The van der Waals surface area contributed by atoms with Gasteiger partial charge in [-0.05, 0) is 55.8 Å². The fourth-order valence-corrected chi connectivity index (χ4v) is 3.80. The molecular weight excluding hydrogens is 430 g/mol. The molecule has 0 bridgehead atoms. The summed E-state index contributed by atoms with van der Waals surface area (Å²) in [5.74, 6) is 2.54. The first-order valence-electron chi connectivity index (χ1n) is 11.2. The number of nitrogens with one attached hydrogen (secondary N) is 1. The van der Waals surface area contributed by atoms with E-state index in [1.54, 1.807) is 32.4 Å². The minimum atomic E-state index is -0.206. The van der Waals surface area contributed by atoms with Gasteiger partial charge in [-0.25, -0.2) is 4.98 Å². The van der Waals surface area contributed by atoms with Crippen LogP contribution in [0.2, 0.25) is 0 Å². The van der Waals surface area contributed by atoms with Gasteiger partial charge in [0.25, 0.3) is 5.91 Å². The molecule has 176 valence electrons. The summed E-state index contributed by atoms with van der Waals surface area (Å²) in [6.07, 6.45) is 0.810. The van der Waals surface area contributed by atoms with Crippen molar-refractivity contribution in [3.8, 4) is 17.2 Å². The van der Waals surface area contributed by atoms with E-state index in [1.807, 2.05) is 48.5 Å². The van der Waals surface area contributed by atoms with Gasteiger partial charge < -0.3 is 24.1 Å². The Balaban J connectivity index is 1.43. The van der Waals surface area contributed by atoms with Gasteiger partial charge in [0.15, 0.2) is 11.5 Å². The van der Waals surface area contributed by atoms with Crippen molar-refractivity contribution in [3.05, 3.63) is 83.7 Å². The molecule has 0 fully saturated rings. The summed E-state index contributed by atoms with van der Waals surface area (Å²) in [5, 5.41) is 2.98. The molecule has 1 heterocycles. The highest BCUT2D eigenvalue weighted by Gasteiger charge is 2.14. The zero-order valence-electron chi connectivity index (χ0n) is 19.7. The molecule has 0 spiro atoms. The smallest absolute Gasteiger partial charge is 0.251 e. The number of imidazole rings is 1. The van der Waals surface area contributed by atoms with E-state index in [-0.39, 0.29) is 5.91 Å². The molecule has 0 saturated heterocycles. The lowest BCUT2D eigenvalue weighted by molar-refractivity contribution is 0.0949. The van der Waals surface area contributed by atoms with E-state index in [0.717, 1.165) is 35.6 Å². The minimum absolute atomic E-state index is 0.206. The standard InChI is InChI=1S/C27H29N3O4/c1-19-9-12-21(13-10-19)34-16-6-15-30-23-8-5-4-7-22(23)29-26(30)18-28-27(31)20-11-14-24(32-2)25(17-20)33-3/h4-5,7-14,17H,6,15-16,18H2,1-3H3,(H,28,31). The van der Waals surface area contributed by atoms with Crippen LogP contribution >= 0.6 is 0 Å². The fourth-order valence-electron chi connectivity index (χ4n) is 3.80. The van der Waals surface area contributed by atoms with Gasteiger partial charge in [0.2, 0.25) is 0 Å². The monoisotopic (exact) mass is 459 g/mol. The van der Waals surface area contributed by atoms with E-state index >= 15 is 0 Å². The summed E-state index contributed by atoms with van der Waals surface area (Å²) >= 11 is 0. The van der Waals surface area contributed by atoms with E-state index in [1.165, 1.54) is 5.56 Å². The first kappa shape index (κ1) is 23.2. The Kier molecular flexibility index (Phi) is 7.32. The second-order valence-corrected chi connectivity index (χ2v) is 7.94. The Labute approximate surface area is 199 Å². The molecular formula is C27H29N3O4. The highest BCUT2D eigenvalue weighted by Crippen LogP contribution is 2.27. The molecule has 4 rings (SSSR count). The lowest BCUT2D eigenvalue weighted by Gasteiger charge is -2.12. The SMILES string of the molecule is COc1ccc(C(=O)NCc2nc3ccccc3n2CCCOc2ccc(C)cc2)cc1OC. The summed E-state index contributed by atoms with van der Waals surface area (Å²) in [5.41, 5.74) is 3.63. The van der Waals surface area contributed by atoms with Gasteiger partial charge in [-0.3, -0.25) is 4.79 Å². The zero-order chi connectivity index (χ0) is 23.9. The Morgan fingerprint density at radius 1 is 0.971 bits per heavy atom. The fraction of sp³-hybridized carbons (Fsp3) is 0.259. The van der Waals surface area contributed by atoms with Crippen molar-refractivity contribution < 1.29 is 19.0 Å². The average Bonchev–Trinajstić information content (AvgIpc) is 3.23. The number of amides is 1. The number of hydrogen-bond donors (Lipinski definition) is 1. The molecule has 4 aromatic rings. The molecule has 3 aromatic carbocycles. The number of aryl methyl sites for hydroxylation is 2. The number of hydrogen-bond acceptors (Lipinski definition) is 5. The number of para-hydroxylation sites is 2. The van der Waals surface area contributed by atoms with Crippen LogP contribution < -0.4 is 19.5 Å². The summed E-state index contributed by atoms with van der Waals surface area (Å²) in [7, 11) is 3.11. The summed E-state index contributed by atoms with van der Waals surface area (Å²) < 4.78 is 18.6. The normalized spacial score (nSPS) is 10.8. The third-order valence-electron chi connectivity index (χ3n) is 5.60. The number of aromatic nitrogens is 2. The van der Waals surface area contributed by atoms with Crippen LogP contribution in [0.15, 0.2) is 66.7 Å². The number of carbonyl (C=O) groups is 1. The van der Waals surface area contributed by atoms with Gasteiger partial charge in [-0.15, -0.1) is 0 Å². The van der Waals surface area contributed by atoms with E-state index < -0.39 is 0 Å². The van der Waals surface area contributed by atoms with Crippen molar-refractivity contribution in [2.24, 2.45) is 0 Å². The first-order valence-corrected chi connectivity index (χ1v) is 11.2. The van der Waals surface area contributed by atoms with E-state index in [4.69, 9.17) is 19.2 Å². The Morgan fingerprint density at radius 3 is 2.50 bits per heavy atom. The molecule has 0 unspecified atom stereocenters. The summed E-state index contributed by atoms with van der Waals surface area (Å²) in [6.45, 7) is 3.68. The predicted molar refractivity (Wildman–Crippen MR) is 132 cm³/mol. The van der Waals surface area contributed by atoms with Crippen molar-refractivity contribution in [3.63, 3.8) is 0 Å². The number of carbonyl (C=O) groups excluding carboxylic acids is 1. The van der Waals surface area contributed by atoms with E-state index in [0.29, 0.717) is 30.2 Å². The van der Waals surface area contributed by atoms with Gasteiger partial charge in [0.05, 0.1) is 38.4 Å². The Hall–Kier alpha value is -4.00. The zero-order valence-corrected chi connectivity index (χ0v) is 19.7. The van der Waals surface area contributed by atoms with Crippen LogP contribution in [0.3, 0.4) is 0 Å². The maximum Gasteiger partial charge on any atom is 0.251 e. The number of rotatable bonds is 10. The largest absolute Gasteiger partial charge is 0.494 e. The third kappa shape index (κ3) is 5.31. The molecule has 0 aliphatic heterocycles. The third-order valence-corrected chi connectivity index (χ3v) is 5.60. The summed E-state index contributed by atoms with van der Waals surface area (Å²) in [4.78, 5) is 17.5. The molecule has 7 heteroatoms. The quantitative estimate of drug-likeness (QED) is 0.346. The van der Waals surface area contributed by atoms with Crippen LogP contribution in [-0.2, 0) is 13.1 Å². The molecule has 0 saturated carbocycles. The Morgan fingerprint density at radius 2 is 1.74 bits per heavy atom. The van der Waals surface area contributed by atoms with E-state index in [9.17, 15) is 4.79 Å². The van der Waals surface area contributed by atoms with Crippen molar-refractivity contribution >= 4 is 16.9 Å². The van der Waals surface area contributed by atoms with Crippen molar-refractivity contribution in [1.82, 2.24) is 14.9 Å². The topological polar surface area (TPSA) is 74.6 Å². The van der Waals surface area contributed by atoms with Crippen LogP contribution in [0.5, 0.6) is 17.2 Å². The maximum absolute atomic E-state index is 12.8. The van der Waals surface area contributed by atoms with E-state index in [2.05, 4.69) is 16.8 Å². The first-order chi connectivity index (χ1) is 16.6. The van der Waals surface area contributed by atoms with Crippen molar-refractivity contribution in [2.45, 2.75) is 26.4 Å². The second kappa shape index (κ2) is 10.7. The molecule has 0 radical (unpaired) electrons. The lowest BCUT2D eigenvalue weighted by atomic mass is 10.2. The van der Waals surface area contributed by atoms with Crippen LogP contribution in [0.1, 0.15) is 28.2 Å². The van der Waals surface area contributed by atoms with Crippen LogP contribution in [0.25, 0.3) is 11.0 Å². The highest BCUT2D eigenvalue weighted by molar-refractivity contribution is 5.94. The molecule has 1 aromatic heterocycles. The lowest BCUT2D eigenvalue weighted by Crippen LogP contribution is -2.25. The second-order valence-electron chi connectivity index (χ2n) is 7.94. The molecule has 34 heavy (non-hydrogen) atoms. The molecule has 1 amide bonds. The highest BCUT2D eigenvalue weighted by atomic mass is 16.5. The van der Waals surface area contributed by atoms with Crippen molar-refractivity contribution in [2.75, 3.05) is 20.8 Å². The van der Waals surface area contributed by atoms with Gasteiger partial charge in [0, 0.05) is 12.1 Å². The molecule has 1 N–H and O–H groups in total. The van der Waals surface area contributed by atoms with Gasteiger partial charge >= 0.3 is 0 Å². The van der Waals surface area contributed by atoms with Gasteiger partial charge in [0.1, 0.15) is 11.6 Å². The minimum Gasteiger partial charge on any atom is -0.494 e. The molecule has 0 atom stereocenters. The maximum atomic E-state index is 12.8. The number of fused-ring (bicyclic) bond motifs is 1. The average molecular weight is 460 g/mol. The van der Waals surface area contributed by atoms with Gasteiger partial charge in [-0.1, -0.05) is 29.8 Å². The predicted octanol–water partition coefficient (Wildman–Crippen LogP) is 4.76. The van der Waals surface area contributed by atoms with Crippen LogP contribution in [0, 0.1) is 6.92 Å². The number of benzene rings is 3. The molecule has 0 aliphatic rings. The van der Waals surface area contributed by atoms with Crippen LogP contribution in [-0.4, -0.2) is 36.3 Å². The Bertz CT molecular complexity index is 1260. The van der Waals surface area contributed by atoms with Crippen molar-refractivity contribution in [1.29, 1.82) is 0 Å². The number of methoxy groups -OCH3 is 2.